The van der Waals surface area contributed by atoms with Gasteiger partial charge in [0.15, 0.2) is 0 Å². The van der Waals surface area contributed by atoms with Crippen molar-refractivity contribution in [3.05, 3.63) is 59.7 Å². The van der Waals surface area contributed by atoms with E-state index in [1.54, 1.807) is 7.11 Å². The molecular formula is C22H28N2O2. The number of carbonyl (C=O) groups excluding carboxylic acids is 1. The number of methoxy groups -OCH3 is 1. The third-order valence-electron chi connectivity index (χ3n) is 5.00. The van der Waals surface area contributed by atoms with E-state index in [0.717, 1.165) is 50.5 Å². The highest BCUT2D eigenvalue weighted by Gasteiger charge is 2.22. The summed E-state index contributed by atoms with van der Waals surface area (Å²) in [7, 11) is 1.70. The second kappa shape index (κ2) is 8.75. The summed E-state index contributed by atoms with van der Waals surface area (Å²) in [5.41, 5.74) is 3.71. The number of rotatable bonds is 6. The van der Waals surface area contributed by atoms with E-state index in [0.29, 0.717) is 6.42 Å². The van der Waals surface area contributed by atoms with Gasteiger partial charge in [0.2, 0.25) is 5.91 Å². The van der Waals surface area contributed by atoms with Crippen molar-refractivity contribution in [1.29, 1.82) is 0 Å². The van der Waals surface area contributed by atoms with Crippen molar-refractivity contribution in [3.8, 4) is 5.75 Å². The molecule has 26 heavy (non-hydrogen) atoms. The zero-order valence-corrected chi connectivity index (χ0v) is 15.8. The van der Waals surface area contributed by atoms with Gasteiger partial charge >= 0.3 is 0 Å². The van der Waals surface area contributed by atoms with Crippen molar-refractivity contribution < 1.29 is 9.53 Å². The van der Waals surface area contributed by atoms with Crippen LogP contribution in [0.4, 0.5) is 5.69 Å². The predicted molar refractivity (Wildman–Crippen MR) is 106 cm³/mol. The summed E-state index contributed by atoms with van der Waals surface area (Å²) in [6.07, 6.45) is 2.51. The second-order valence-electron chi connectivity index (χ2n) is 6.88. The van der Waals surface area contributed by atoms with Crippen LogP contribution in [0.15, 0.2) is 48.5 Å². The van der Waals surface area contributed by atoms with Crippen LogP contribution in [0.25, 0.3) is 0 Å². The Bertz CT molecular complexity index is 736. The van der Waals surface area contributed by atoms with Crippen molar-refractivity contribution in [3.63, 3.8) is 0 Å². The average Bonchev–Trinajstić information content (AvgIpc) is 2.68. The Morgan fingerprint density at radius 1 is 1.04 bits per heavy atom. The third kappa shape index (κ3) is 4.57. The number of piperazine rings is 1. The fraction of sp³-hybridized carbons (Fsp3) is 0.409. The number of benzene rings is 2. The summed E-state index contributed by atoms with van der Waals surface area (Å²) in [5.74, 6) is 1.17. The van der Waals surface area contributed by atoms with E-state index < -0.39 is 0 Å². The van der Waals surface area contributed by atoms with Crippen molar-refractivity contribution in [1.82, 2.24) is 4.90 Å². The topological polar surface area (TPSA) is 32.8 Å². The van der Waals surface area contributed by atoms with Gasteiger partial charge in [0, 0.05) is 32.6 Å². The Kier molecular flexibility index (Phi) is 6.16. The predicted octanol–water partition coefficient (Wildman–Crippen LogP) is 3.68. The van der Waals surface area contributed by atoms with Crippen LogP contribution in [-0.2, 0) is 11.2 Å². The van der Waals surface area contributed by atoms with Crippen LogP contribution < -0.4 is 9.64 Å². The molecule has 0 spiro atoms. The molecule has 1 aliphatic rings. The van der Waals surface area contributed by atoms with E-state index in [1.807, 2.05) is 23.1 Å². The number of nitrogens with zero attached hydrogens (tertiary/aromatic N) is 2. The van der Waals surface area contributed by atoms with Crippen LogP contribution in [0.2, 0.25) is 0 Å². The van der Waals surface area contributed by atoms with Gasteiger partial charge in [-0.15, -0.1) is 0 Å². The molecule has 1 saturated heterocycles. The van der Waals surface area contributed by atoms with Crippen molar-refractivity contribution in [2.45, 2.75) is 26.2 Å². The zero-order valence-electron chi connectivity index (χ0n) is 15.8. The Balaban J connectivity index is 1.46. The summed E-state index contributed by atoms with van der Waals surface area (Å²) >= 11 is 0. The van der Waals surface area contributed by atoms with E-state index in [-0.39, 0.29) is 5.91 Å². The molecule has 1 aliphatic heterocycles. The van der Waals surface area contributed by atoms with E-state index in [2.05, 4.69) is 42.2 Å². The molecule has 0 aliphatic carbocycles. The van der Waals surface area contributed by atoms with Gasteiger partial charge in [0.25, 0.3) is 0 Å². The fourth-order valence-corrected chi connectivity index (χ4v) is 3.56. The number of carbonyl (C=O) groups is 1. The van der Waals surface area contributed by atoms with E-state index in [9.17, 15) is 4.79 Å². The SMILES string of the molecule is COc1ccccc1N1CCN(C(=O)CCCc2cccc(C)c2)CC1. The van der Waals surface area contributed by atoms with E-state index in [4.69, 9.17) is 4.74 Å². The molecule has 0 aromatic heterocycles. The lowest BCUT2D eigenvalue weighted by Gasteiger charge is -2.36. The molecule has 2 aromatic carbocycles. The molecule has 3 rings (SSSR count). The maximum Gasteiger partial charge on any atom is 0.222 e. The summed E-state index contributed by atoms with van der Waals surface area (Å²) in [4.78, 5) is 16.8. The smallest absolute Gasteiger partial charge is 0.222 e. The normalized spacial score (nSPS) is 14.4. The summed E-state index contributed by atoms with van der Waals surface area (Å²) < 4.78 is 5.45. The van der Waals surface area contributed by atoms with Gasteiger partial charge in [0.05, 0.1) is 12.8 Å². The van der Waals surface area contributed by atoms with Gasteiger partial charge in [0.1, 0.15) is 5.75 Å². The minimum atomic E-state index is 0.275. The molecule has 4 nitrogen and oxygen atoms in total. The maximum atomic E-state index is 12.5. The molecule has 0 unspecified atom stereocenters. The Labute approximate surface area is 156 Å². The number of aryl methyl sites for hydroxylation is 2. The van der Waals surface area contributed by atoms with Crippen molar-refractivity contribution in [2.24, 2.45) is 0 Å². The van der Waals surface area contributed by atoms with Gasteiger partial charge < -0.3 is 14.5 Å². The molecule has 138 valence electrons. The Morgan fingerprint density at radius 3 is 2.54 bits per heavy atom. The largest absolute Gasteiger partial charge is 0.495 e. The molecule has 0 saturated carbocycles. The number of hydrogen-bond donors (Lipinski definition) is 0. The van der Waals surface area contributed by atoms with Crippen LogP contribution in [0.3, 0.4) is 0 Å². The maximum absolute atomic E-state index is 12.5. The zero-order chi connectivity index (χ0) is 18.4. The van der Waals surface area contributed by atoms with Gasteiger partial charge in [-0.3, -0.25) is 4.79 Å². The lowest BCUT2D eigenvalue weighted by molar-refractivity contribution is -0.131. The molecule has 1 amide bonds. The number of para-hydroxylation sites is 2. The lowest BCUT2D eigenvalue weighted by atomic mass is 10.1. The molecule has 1 fully saturated rings. The van der Waals surface area contributed by atoms with Gasteiger partial charge in [-0.2, -0.15) is 0 Å². The lowest BCUT2D eigenvalue weighted by Crippen LogP contribution is -2.48. The molecule has 0 radical (unpaired) electrons. The monoisotopic (exact) mass is 352 g/mol. The van der Waals surface area contributed by atoms with Crippen LogP contribution in [0.5, 0.6) is 5.75 Å². The first-order valence-corrected chi connectivity index (χ1v) is 9.38. The van der Waals surface area contributed by atoms with Gasteiger partial charge in [-0.05, 0) is 37.5 Å². The first-order valence-electron chi connectivity index (χ1n) is 9.38. The minimum Gasteiger partial charge on any atom is -0.495 e. The summed E-state index contributed by atoms with van der Waals surface area (Å²) in [6.45, 7) is 5.37. The van der Waals surface area contributed by atoms with Gasteiger partial charge in [-0.25, -0.2) is 0 Å². The Morgan fingerprint density at radius 2 is 1.81 bits per heavy atom. The van der Waals surface area contributed by atoms with Crippen molar-refractivity contribution in [2.75, 3.05) is 38.2 Å². The fourth-order valence-electron chi connectivity index (χ4n) is 3.56. The van der Waals surface area contributed by atoms with E-state index in [1.165, 1.54) is 11.1 Å². The highest BCUT2D eigenvalue weighted by atomic mass is 16.5. The number of anilines is 1. The molecule has 0 bridgehead atoms. The molecule has 1 heterocycles. The first kappa shape index (κ1) is 18.3. The number of ether oxygens (including phenoxy) is 1. The Hall–Kier alpha value is -2.49. The quantitative estimate of drug-likeness (QED) is 0.795. The van der Waals surface area contributed by atoms with Crippen molar-refractivity contribution >= 4 is 11.6 Å². The third-order valence-corrected chi connectivity index (χ3v) is 5.00. The molecule has 0 atom stereocenters. The highest BCUT2D eigenvalue weighted by Crippen LogP contribution is 2.28. The number of amides is 1. The molecular weight excluding hydrogens is 324 g/mol. The van der Waals surface area contributed by atoms with Crippen LogP contribution >= 0.6 is 0 Å². The minimum absolute atomic E-state index is 0.275. The molecule has 2 aromatic rings. The van der Waals surface area contributed by atoms with Crippen LogP contribution in [0, 0.1) is 6.92 Å². The molecule has 4 heteroatoms. The standard InChI is InChI=1S/C22H28N2O2/c1-18-7-5-8-19(17-18)9-6-12-22(25)24-15-13-23(14-16-24)20-10-3-4-11-21(20)26-2/h3-5,7-8,10-11,17H,6,9,12-16H2,1-2H3. The van der Waals surface area contributed by atoms with E-state index >= 15 is 0 Å². The number of hydrogen-bond acceptors (Lipinski definition) is 3. The summed E-state index contributed by atoms with van der Waals surface area (Å²) in [5, 5.41) is 0. The highest BCUT2D eigenvalue weighted by molar-refractivity contribution is 5.76. The molecule has 0 N–H and O–H groups in total. The summed E-state index contributed by atoms with van der Waals surface area (Å²) in [6, 6.07) is 16.6. The van der Waals surface area contributed by atoms with Gasteiger partial charge in [-0.1, -0.05) is 42.0 Å². The second-order valence-corrected chi connectivity index (χ2v) is 6.88. The van der Waals surface area contributed by atoms with Crippen LogP contribution in [-0.4, -0.2) is 44.1 Å². The van der Waals surface area contributed by atoms with Crippen LogP contribution in [0.1, 0.15) is 24.0 Å². The average molecular weight is 352 g/mol. The first-order chi connectivity index (χ1) is 12.7.